The standard InChI is InChI=1S/C17H22Cl2N2O/c18-13-6-7-14(15(19)10-13)17(22)20-11-12-4-3-9-21-8-2-1-5-16(12)21/h6-7,10,12,16H,1-5,8-9,11H2,(H,20,22)/t12-,16-/m1/s1. The van der Waals surface area contributed by atoms with Crippen LogP contribution < -0.4 is 5.32 Å². The lowest BCUT2D eigenvalue weighted by atomic mass is 9.83. The second-order valence-corrected chi connectivity index (χ2v) is 7.18. The summed E-state index contributed by atoms with van der Waals surface area (Å²) in [5.41, 5.74) is 0.502. The Kier molecular flexibility index (Phi) is 5.27. The minimum absolute atomic E-state index is 0.102. The number of carbonyl (C=O) groups is 1. The first kappa shape index (κ1) is 16.1. The molecular weight excluding hydrogens is 319 g/mol. The minimum atomic E-state index is -0.102. The van der Waals surface area contributed by atoms with Crippen molar-refractivity contribution in [2.24, 2.45) is 5.92 Å². The van der Waals surface area contributed by atoms with E-state index in [1.54, 1.807) is 18.2 Å². The highest BCUT2D eigenvalue weighted by Crippen LogP contribution is 2.30. The van der Waals surface area contributed by atoms with Gasteiger partial charge in [-0.1, -0.05) is 29.6 Å². The van der Waals surface area contributed by atoms with E-state index >= 15 is 0 Å². The molecule has 2 aliphatic heterocycles. The summed E-state index contributed by atoms with van der Waals surface area (Å²) in [7, 11) is 0. The number of hydrogen-bond acceptors (Lipinski definition) is 2. The predicted molar refractivity (Wildman–Crippen MR) is 90.7 cm³/mol. The summed E-state index contributed by atoms with van der Waals surface area (Å²) in [5.74, 6) is 0.457. The summed E-state index contributed by atoms with van der Waals surface area (Å²) in [6, 6.07) is 5.64. The molecule has 0 aliphatic carbocycles. The molecule has 1 aromatic rings. The van der Waals surface area contributed by atoms with Gasteiger partial charge in [-0.15, -0.1) is 0 Å². The van der Waals surface area contributed by atoms with Gasteiger partial charge in [0.05, 0.1) is 10.6 Å². The molecule has 5 heteroatoms. The maximum Gasteiger partial charge on any atom is 0.252 e. The van der Waals surface area contributed by atoms with Crippen LogP contribution in [0.4, 0.5) is 0 Å². The molecule has 2 heterocycles. The van der Waals surface area contributed by atoms with Crippen molar-refractivity contribution in [1.29, 1.82) is 0 Å². The number of nitrogens with zero attached hydrogens (tertiary/aromatic N) is 1. The van der Waals surface area contributed by atoms with Crippen LogP contribution in [0.25, 0.3) is 0 Å². The second-order valence-electron chi connectivity index (χ2n) is 6.34. The number of fused-ring (bicyclic) bond motifs is 1. The average Bonchev–Trinajstić information content (AvgIpc) is 2.52. The molecule has 22 heavy (non-hydrogen) atoms. The Morgan fingerprint density at radius 1 is 1.18 bits per heavy atom. The van der Waals surface area contributed by atoms with Crippen molar-refractivity contribution < 1.29 is 4.79 Å². The third-order valence-electron chi connectivity index (χ3n) is 4.93. The van der Waals surface area contributed by atoms with Gasteiger partial charge in [-0.25, -0.2) is 0 Å². The van der Waals surface area contributed by atoms with Crippen molar-refractivity contribution in [3.8, 4) is 0 Å². The molecule has 2 aliphatic rings. The average molecular weight is 341 g/mol. The zero-order chi connectivity index (χ0) is 15.5. The maximum atomic E-state index is 12.3. The third-order valence-corrected chi connectivity index (χ3v) is 5.48. The van der Waals surface area contributed by atoms with Crippen LogP contribution in [-0.4, -0.2) is 36.5 Å². The fraction of sp³-hybridized carbons (Fsp3) is 0.588. The molecule has 3 nitrogen and oxygen atoms in total. The minimum Gasteiger partial charge on any atom is -0.352 e. The Bertz CT molecular complexity index is 547. The van der Waals surface area contributed by atoms with Gasteiger partial charge in [0, 0.05) is 17.6 Å². The highest BCUT2D eigenvalue weighted by molar-refractivity contribution is 6.36. The van der Waals surface area contributed by atoms with E-state index in [9.17, 15) is 4.79 Å². The van der Waals surface area contributed by atoms with Crippen LogP contribution in [-0.2, 0) is 0 Å². The van der Waals surface area contributed by atoms with Crippen LogP contribution in [0.3, 0.4) is 0 Å². The maximum absolute atomic E-state index is 12.3. The number of amides is 1. The molecule has 1 aromatic carbocycles. The summed E-state index contributed by atoms with van der Waals surface area (Å²) >= 11 is 12.0. The van der Waals surface area contributed by atoms with Crippen molar-refractivity contribution in [1.82, 2.24) is 10.2 Å². The van der Waals surface area contributed by atoms with E-state index in [0.717, 1.165) is 6.54 Å². The van der Waals surface area contributed by atoms with E-state index in [4.69, 9.17) is 23.2 Å². The molecule has 120 valence electrons. The number of nitrogens with one attached hydrogen (secondary N) is 1. The van der Waals surface area contributed by atoms with Crippen molar-refractivity contribution in [2.75, 3.05) is 19.6 Å². The summed E-state index contributed by atoms with van der Waals surface area (Å²) in [6.07, 6.45) is 6.33. The van der Waals surface area contributed by atoms with Gasteiger partial charge < -0.3 is 10.2 Å². The third kappa shape index (κ3) is 3.58. The van der Waals surface area contributed by atoms with Crippen molar-refractivity contribution in [2.45, 2.75) is 38.1 Å². The van der Waals surface area contributed by atoms with Gasteiger partial charge in [-0.3, -0.25) is 4.79 Å². The Labute approximate surface area is 142 Å². The van der Waals surface area contributed by atoms with Crippen molar-refractivity contribution >= 4 is 29.1 Å². The topological polar surface area (TPSA) is 32.3 Å². The number of halogens is 2. The predicted octanol–water partition coefficient (Wildman–Crippen LogP) is 3.99. The molecule has 2 fully saturated rings. The first-order valence-electron chi connectivity index (χ1n) is 8.12. The second kappa shape index (κ2) is 7.20. The molecule has 0 unspecified atom stereocenters. The molecular formula is C17H22Cl2N2O. The molecule has 1 N–H and O–H groups in total. The lowest BCUT2D eigenvalue weighted by Gasteiger charge is -2.44. The van der Waals surface area contributed by atoms with Gasteiger partial charge >= 0.3 is 0 Å². The molecule has 0 aromatic heterocycles. The normalized spacial score (nSPS) is 25.5. The Balaban J connectivity index is 1.60. The lowest BCUT2D eigenvalue weighted by Crippen LogP contribution is -2.51. The fourth-order valence-corrected chi connectivity index (χ4v) is 4.30. The van der Waals surface area contributed by atoms with Gasteiger partial charge in [0.2, 0.25) is 0 Å². The van der Waals surface area contributed by atoms with E-state index in [2.05, 4.69) is 10.2 Å². The van der Waals surface area contributed by atoms with E-state index in [0.29, 0.717) is 27.6 Å². The van der Waals surface area contributed by atoms with Gasteiger partial charge in [-0.2, -0.15) is 0 Å². The molecule has 1 amide bonds. The highest BCUT2D eigenvalue weighted by atomic mass is 35.5. The van der Waals surface area contributed by atoms with E-state index in [1.165, 1.54) is 45.2 Å². The summed E-state index contributed by atoms with van der Waals surface area (Å²) in [6.45, 7) is 3.18. The number of carbonyl (C=O) groups excluding carboxylic acids is 1. The first-order chi connectivity index (χ1) is 10.6. The van der Waals surface area contributed by atoms with Crippen LogP contribution in [0.1, 0.15) is 42.5 Å². The van der Waals surface area contributed by atoms with Crippen molar-refractivity contribution in [3.05, 3.63) is 33.8 Å². The van der Waals surface area contributed by atoms with E-state index in [-0.39, 0.29) is 5.91 Å². The number of benzene rings is 1. The monoisotopic (exact) mass is 340 g/mol. The largest absolute Gasteiger partial charge is 0.352 e. The summed E-state index contributed by atoms with van der Waals surface area (Å²) in [4.78, 5) is 14.9. The van der Waals surface area contributed by atoms with Gasteiger partial charge in [-0.05, 0) is 62.9 Å². The van der Waals surface area contributed by atoms with Crippen LogP contribution in [0.15, 0.2) is 18.2 Å². The Morgan fingerprint density at radius 2 is 2.00 bits per heavy atom. The van der Waals surface area contributed by atoms with Crippen LogP contribution >= 0.6 is 23.2 Å². The smallest absolute Gasteiger partial charge is 0.252 e. The molecule has 0 saturated carbocycles. The zero-order valence-electron chi connectivity index (χ0n) is 12.7. The molecule has 3 rings (SSSR count). The molecule has 2 atom stereocenters. The summed E-state index contributed by atoms with van der Waals surface area (Å²) < 4.78 is 0. The van der Waals surface area contributed by atoms with Gasteiger partial charge in [0.25, 0.3) is 5.91 Å². The van der Waals surface area contributed by atoms with Crippen LogP contribution in [0.5, 0.6) is 0 Å². The SMILES string of the molecule is O=C(NC[C@H]1CCCN2CCCC[C@H]12)c1ccc(Cl)cc1Cl. The number of rotatable bonds is 3. The Morgan fingerprint density at radius 3 is 2.82 bits per heavy atom. The molecule has 2 saturated heterocycles. The highest BCUT2D eigenvalue weighted by Gasteiger charge is 2.33. The quantitative estimate of drug-likeness (QED) is 0.902. The Hall–Kier alpha value is -0.770. The zero-order valence-corrected chi connectivity index (χ0v) is 14.2. The molecule has 0 radical (unpaired) electrons. The van der Waals surface area contributed by atoms with E-state index in [1.807, 2.05) is 0 Å². The van der Waals surface area contributed by atoms with Crippen molar-refractivity contribution in [3.63, 3.8) is 0 Å². The van der Waals surface area contributed by atoms with Gasteiger partial charge in [0.15, 0.2) is 0 Å². The first-order valence-corrected chi connectivity index (χ1v) is 8.88. The number of piperidine rings is 2. The summed E-state index contributed by atoms with van der Waals surface area (Å²) in [5, 5.41) is 4.03. The number of hydrogen-bond donors (Lipinski definition) is 1. The molecule has 0 spiro atoms. The van der Waals surface area contributed by atoms with Gasteiger partial charge in [0.1, 0.15) is 0 Å². The van der Waals surface area contributed by atoms with Crippen LogP contribution in [0.2, 0.25) is 10.0 Å². The van der Waals surface area contributed by atoms with Crippen LogP contribution in [0, 0.1) is 5.92 Å². The lowest BCUT2D eigenvalue weighted by molar-refractivity contribution is 0.0575. The van der Waals surface area contributed by atoms with E-state index < -0.39 is 0 Å². The molecule has 0 bridgehead atoms. The fourth-order valence-electron chi connectivity index (χ4n) is 3.81.